The van der Waals surface area contributed by atoms with Crippen LogP contribution in [-0.2, 0) is 0 Å². The zero-order valence-electron chi connectivity index (χ0n) is 10.1. The maximum Gasteiger partial charge on any atom is 0.293 e. The Labute approximate surface area is 114 Å². The van der Waals surface area contributed by atoms with Gasteiger partial charge in [0.15, 0.2) is 5.76 Å². The van der Waals surface area contributed by atoms with Crippen LogP contribution in [0.15, 0.2) is 45.9 Å². The van der Waals surface area contributed by atoms with E-state index in [1.165, 1.54) is 18.4 Å². The first-order valence-corrected chi connectivity index (χ1v) is 7.02. The summed E-state index contributed by atoms with van der Waals surface area (Å²) in [7, 11) is 0. The lowest BCUT2D eigenvalue weighted by Gasteiger charge is -2.21. The number of carbonyl (C=O) groups excluding carboxylic acids is 1. The van der Waals surface area contributed by atoms with E-state index in [1.54, 1.807) is 34.9 Å². The molecule has 98 valence electrons. The number of thioether (sulfide) groups is 1. The van der Waals surface area contributed by atoms with E-state index in [4.69, 9.17) is 4.42 Å². The van der Waals surface area contributed by atoms with Crippen LogP contribution in [0.25, 0.3) is 0 Å². The Morgan fingerprint density at radius 3 is 3.05 bits per heavy atom. The Bertz CT molecular complexity index is 597. The lowest BCUT2D eigenvalue weighted by atomic mass is 10.2. The summed E-state index contributed by atoms with van der Waals surface area (Å²) in [6, 6.07) is 7.86. The maximum atomic E-state index is 13.4. The van der Waals surface area contributed by atoms with Crippen molar-refractivity contribution in [2.45, 2.75) is 11.3 Å². The van der Waals surface area contributed by atoms with Crippen LogP contribution in [0.1, 0.15) is 17.0 Å². The second kappa shape index (κ2) is 5.09. The lowest BCUT2D eigenvalue weighted by molar-refractivity contribution is 0.0960. The number of nitrogens with zero attached hydrogens (tertiary/aromatic N) is 1. The van der Waals surface area contributed by atoms with Crippen molar-refractivity contribution in [1.29, 1.82) is 0 Å². The van der Waals surface area contributed by atoms with E-state index in [0.717, 1.165) is 17.1 Å². The molecule has 1 aliphatic heterocycles. The minimum atomic E-state index is -0.335. The molecule has 0 spiro atoms. The molecule has 0 saturated carbocycles. The van der Waals surface area contributed by atoms with Gasteiger partial charge in [0.25, 0.3) is 5.91 Å². The number of benzene rings is 1. The number of anilines is 1. The molecule has 0 unspecified atom stereocenters. The van der Waals surface area contributed by atoms with Crippen LogP contribution in [0.2, 0.25) is 0 Å². The summed E-state index contributed by atoms with van der Waals surface area (Å²) < 4.78 is 18.6. The number of carbonyl (C=O) groups is 1. The monoisotopic (exact) mass is 277 g/mol. The van der Waals surface area contributed by atoms with Crippen molar-refractivity contribution in [2.75, 3.05) is 17.2 Å². The van der Waals surface area contributed by atoms with Gasteiger partial charge < -0.3 is 9.32 Å². The van der Waals surface area contributed by atoms with Gasteiger partial charge >= 0.3 is 0 Å². The molecular weight excluding hydrogens is 265 g/mol. The van der Waals surface area contributed by atoms with Crippen LogP contribution < -0.4 is 4.90 Å². The Kier molecular flexibility index (Phi) is 3.29. The number of fused-ring (bicyclic) bond motifs is 1. The third-order valence-electron chi connectivity index (χ3n) is 2.97. The average Bonchev–Trinajstić information content (AvgIpc) is 2.86. The topological polar surface area (TPSA) is 33.5 Å². The van der Waals surface area contributed by atoms with Crippen LogP contribution in [0, 0.1) is 5.82 Å². The Morgan fingerprint density at radius 2 is 2.26 bits per heavy atom. The van der Waals surface area contributed by atoms with E-state index in [0.29, 0.717) is 12.2 Å². The molecule has 19 heavy (non-hydrogen) atoms. The first kappa shape index (κ1) is 12.3. The highest BCUT2D eigenvalue weighted by molar-refractivity contribution is 7.99. The van der Waals surface area contributed by atoms with Gasteiger partial charge in [-0.1, -0.05) is 0 Å². The molecule has 0 bridgehead atoms. The van der Waals surface area contributed by atoms with Gasteiger partial charge in [0.05, 0.1) is 12.0 Å². The van der Waals surface area contributed by atoms with Crippen molar-refractivity contribution in [3.05, 3.63) is 48.2 Å². The van der Waals surface area contributed by atoms with Crippen molar-refractivity contribution < 1.29 is 13.6 Å². The number of hydrogen-bond acceptors (Lipinski definition) is 3. The summed E-state index contributed by atoms with van der Waals surface area (Å²) in [6.07, 6.45) is 2.33. The zero-order chi connectivity index (χ0) is 13.2. The maximum absolute atomic E-state index is 13.4. The normalized spacial score (nSPS) is 14.9. The van der Waals surface area contributed by atoms with Crippen LogP contribution in [-0.4, -0.2) is 18.2 Å². The smallest absolute Gasteiger partial charge is 0.293 e. The summed E-state index contributed by atoms with van der Waals surface area (Å²) in [5, 5.41) is 0. The fourth-order valence-electron chi connectivity index (χ4n) is 2.09. The molecule has 1 aromatic heterocycles. The molecule has 1 aliphatic rings. The van der Waals surface area contributed by atoms with Crippen LogP contribution >= 0.6 is 11.8 Å². The third kappa shape index (κ3) is 2.38. The Hall–Kier alpha value is -1.75. The van der Waals surface area contributed by atoms with E-state index < -0.39 is 0 Å². The molecular formula is C14H12FNO2S. The van der Waals surface area contributed by atoms with Gasteiger partial charge in [-0.15, -0.1) is 11.8 Å². The Balaban J connectivity index is 2.02. The predicted molar refractivity (Wildman–Crippen MR) is 72.1 cm³/mol. The summed E-state index contributed by atoms with van der Waals surface area (Å²) in [5.74, 6) is 0.639. The molecule has 0 fully saturated rings. The van der Waals surface area contributed by atoms with Crippen molar-refractivity contribution in [3.8, 4) is 0 Å². The van der Waals surface area contributed by atoms with Gasteiger partial charge in [0.1, 0.15) is 5.82 Å². The van der Waals surface area contributed by atoms with Crippen molar-refractivity contribution in [3.63, 3.8) is 0 Å². The second-order valence-electron chi connectivity index (χ2n) is 4.25. The molecule has 5 heteroatoms. The molecule has 0 saturated heterocycles. The lowest BCUT2D eigenvalue weighted by Crippen LogP contribution is -2.31. The van der Waals surface area contributed by atoms with E-state index in [-0.39, 0.29) is 17.5 Å². The first-order chi connectivity index (χ1) is 9.25. The minimum Gasteiger partial charge on any atom is -0.459 e. The highest BCUT2D eigenvalue weighted by Crippen LogP contribution is 2.35. The Morgan fingerprint density at radius 1 is 1.37 bits per heavy atom. The van der Waals surface area contributed by atoms with Crippen LogP contribution in [0.4, 0.5) is 10.1 Å². The average molecular weight is 277 g/mol. The minimum absolute atomic E-state index is 0.223. The fourth-order valence-corrected chi connectivity index (χ4v) is 3.07. The SMILES string of the molecule is O=C(c1ccco1)N1CCCSc2ccc(F)cc21. The molecule has 2 heterocycles. The highest BCUT2D eigenvalue weighted by atomic mass is 32.2. The fraction of sp³-hybridized carbons (Fsp3) is 0.214. The van der Waals surface area contributed by atoms with Crippen LogP contribution in [0.5, 0.6) is 0 Å². The van der Waals surface area contributed by atoms with Gasteiger partial charge in [0, 0.05) is 11.4 Å². The number of halogens is 1. The number of hydrogen-bond donors (Lipinski definition) is 0. The van der Waals surface area contributed by atoms with Crippen LogP contribution in [0.3, 0.4) is 0 Å². The number of furan rings is 1. The molecule has 0 N–H and O–H groups in total. The van der Waals surface area contributed by atoms with E-state index in [2.05, 4.69) is 0 Å². The van der Waals surface area contributed by atoms with Gasteiger partial charge in [-0.3, -0.25) is 4.79 Å². The quantitative estimate of drug-likeness (QED) is 0.799. The van der Waals surface area contributed by atoms with Gasteiger partial charge in [-0.25, -0.2) is 4.39 Å². The van der Waals surface area contributed by atoms with E-state index in [1.807, 2.05) is 0 Å². The number of amides is 1. The zero-order valence-corrected chi connectivity index (χ0v) is 11.0. The molecule has 1 aromatic carbocycles. The summed E-state index contributed by atoms with van der Waals surface area (Å²) >= 11 is 1.65. The molecule has 0 aliphatic carbocycles. The van der Waals surface area contributed by atoms with E-state index in [9.17, 15) is 9.18 Å². The summed E-state index contributed by atoms with van der Waals surface area (Å²) in [6.45, 7) is 0.572. The molecule has 0 atom stereocenters. The predicted octanol–water partition coefficient (Wildman–Crippen LogP) is 3.56. The van der Waals surface area contributed by atoms with Gasteiger partial charge in [-0.05, 0) is 42.5 Å². The van der Waals surface area contributed by atoms with E-state index >= 15 is 0 Å². The highest BCUT2D eigenvalue weighted by Gasteiger charge is 2.24. The van der Waals surface area contributed by atoms with Gasteiger partial charge in [0.2, 0.25) is 0 Å². The summed E-state index contributed by atoms with van der Waals surface area (Å²) in [5.41, 5.74) is 0.629. The van der Waals surface area contributed by atoms with Gasteiger partial charge in [-0.2, -0.15) is 0 Å². The molecule has 2 aromatic rings. The standard InChI is InChI=1S/C14H12FNO2S/c15-10-4-5-13-11(9-10)16(6-2-8-19-13)14(17)12-3-1-7-18-12/h1,3-5,7,9H,2,6,8H2. The molecule has 0 radical (unpaired) electrons. The molecule has 1 amide bonds. The second-order valence-corrected chi connectivity index (χ2v) is 5.38. The number of rotatable bonds is 1. The largest absolute Gasteiger partial charge is 0.459 e. The molecule has 3 nitrogen and oxygen atoms in total. The summed E-state index contributed by atoms with van der Waals surface area (Å²) in [4.78, 5) is 14.9. The van der Waals surface area contributed by atoms with Crippen molar-refractivity contribution in [2.24, 2.45) is 0 Å². The molecule has 3 rings (SSSR count). The van der Waals surface area contributed by atoms with Crippen molar-refractivity contribution >= 4 is 23.4 Å². The third-order valence-corrected chi connectivity index (χ3v) is 4.12. The van der Waals surface area contributed by atoms with Crippen molar-refractivity contribution in [1.82, 2.24) is 0 Å². The first-order valence-electron chi connectivity index (χ1n) is 6.03.